The number of aromatic amines is 1. The molecule has 167 valence electrons. The van der Waals surface area contributed by atoms with E-state index in [-0.39, 0.29) is 11.9 Å². The summed E-state index contributed by atoms with van der Waals surface area (Å²) in [5.74, 6) is 2.75. The fraction of sp³-hybridized carbons (Fsp3) is 0.148. The van der Waals surface area contributed by atoms with Gasteiger partial charge in [0.25, 0.3) is 5.91 Å². The molecule has 3 aromatic carbocycles. The van der Waals surface area contributed by atoms with Crippen molar-refractivity contribution < 1.29 is 14.3 Å². The molecule has 2 N–H and O–H groups in total. The Hall–Kier alpha value is -4.06. The minimum absolute atomic E-state index is 0.236. The summed E-state index contributed by atoms with van der Waals surface area (Å²) < 4.78 is 10.8. The van der Waals surface area contributed by atoms with Crippen LogP contribution >= 0.6 is 0 Å². The van der Waals surface area contributed by atoms with Crippen LogP contribution in [0.3, 0.4) is 0 Å². The molecule has 1 atom stereocenters. The van der Waals surface area contributed by atoms with Crippen molar-refractivity contribution in [3.05, 3.63) is 119 Å². The molecule has 1 aromatic heterocycles. The normalized spacial score (nSPS) is 11.8. The highest BCUT2D eigenvalue weighted by atomic mass is 16.5. The highest BCUT2D eigenvalue weighted by molar-refractivity contribution is 5.97. The van der Waals surface area contributed by atoms with Gasteiger partial charge in [-0.1, -0.05) is 48.5 Å². The SMILES string of the molecule is COc1ccc([C](c2ccccc2)c2ccc(OC)c(C(=O)NC(C)c3ncc[nH]3)c2)cc1. The zero-order valence-corrected chi connectivity index (χ0v) is 18.8. The molecule has 1 unspecified atom stereocenters. The van der Waals surface area contributed by atoms with E-state index in [0.29, 0.717) is 17.1 Å². The monoisotopic (exact) mass is 440 g/mol. The Morgan fingerprint density at radius 2 is 1.61 bits per heavy atom. The summed E-state index contributed by atoms with van der Waals surface area (Å²) in [6, 6.07) is 23.4. The van der Waals surface area contributed by atoms with Crippen LogP contribution in [0, 0.1) is 5.92 Å². The summed E-state index contributed by atoms with van der Waals surface area (Å²) >= 11 is 0. The smallest absolute Gasteiger partial charge is 0.255 e. The van der Waals surface area contributed by atoms with Gasteiger partial charge in [-0.15, -0.1) is 0 Å². The molecular formula is C27H26N3O3. The van der Waals surface area contributed by atoms with Crippen molar-refractivity contribution in [2.75, 3.05) is 14.2 Å². The van der Waals surface area contributed by atoms with Crippen LogP contribution in [0.5, 0.6) is 11.5 Å². The first-order valence-electron chi connectivity index (χ1n) is 10.7. The Labute approximate surface area is 193 Å². The van der Waals surface area contributed by atoms with E-state index >= 15 is 0 Å². The Balaban J connectivity index is 1.73. The number of amides is 1. The summed E-state index contributed by atoms with van der Waals surface area (Å²) in [5, 5.41) is 3.00. The lowest BCUT2D eigenvalue weighted by Gasteiger charge is -2.20. The van der Waals surface area contributed by atoms with Gasteiger partial charge in [0, 0.05) is 12.4 Å². The molecular weight excluding hydrogens is 414 g/mol. The maximum Gasteiger partial charge on any atom is 0.255 e. The van der Waals surface area contributed by atoms with Crippen molar-refractivity contribution in [1.82, 2.24) is 15.3 Å². The number of nitrogens with zero attached hydrogens (tertiary/aromatic N) is 1. The average Bonchev–Trinajstić information content (AvgIpc) is 3.40. The van der Waals surface area contributed by atoms with Crippen LogP contribution < -0.4 is 14.8 Å². The summed E-state index contributed by atoms with van der Waals surface area (Å²) in [5.41, 5.74) is 3.42. The van der Waals surface area contributed by atoms with Gasteiger partial charge in [-0.2, -0.15) is 0 Å². The van der Waals surface area contributed by atoms with Gasteiger partial charge in [0.15, 0.2) is 0 Å². The van der Waals surface area contributed by atoms with Crippen molar-refractivity contribution in [3.63, 3.8) is 0 Å². The Bertz CT molecular complexity index is 1190. The third-order valence-corrected chi connectivity index (χ3v) is 5.45. The van der Waals surface area contributed by atoms with Crippen molar-refractivity contribution >= 4 is 5.91 Å². The molecule has 1 amide bonds. The van der Waals surface area contributed by atoms with E-state index in [1.807, 2.05) is 67.6 Å². The van der Waals surface area contributed by atoms with Crippen LogP contribution in [0.25, 0.3) is 0 Å². The second-order valence-corrected chi connectivity index (χ2v) is 7.55. The van der Waals surface area contributed by atoms with E-state index < -0.39 is 0 Å². The lowest BCUT2D eigenvalue weighted by atomic mass is 9.84. The molecule has 6 nitrogen and oxygen atoms in total. The number of rotatable bonds is 8. The van der Waals surface area contributed by atoms with Crippen LogP contribution in [0.15, 0.2) is 85.2 Å². The van der Waals surface area contributed by atoms with E-state index in [0.717, 1.165) is 28.4 Å². The van der Waals surface area contributed by atoms with Crippen molar-refractivity contribution in [2.24, 2.45) is 0 Å². The van der Waals surface area contributed by atoms with Crippen molar-refractivity contribution in [2.45, 2.75) is 13.0 Å². The van der Waals surface area contributed by atoms with Gasteiger partial charge in [-0.3, -0.25) is 4.79 Å². The number of hydrogen-bond acceptors (Lipinski definition) is 4. The molecule has 0 aliphatic rings. The van der Waals surface area contributed by atoms with E-state index in [4.69, 9.17) is 9.47 Å². The first-order valence-corrected chi connectivity index (χ1v) is 10.7. The van der Waals surface area contributed by atoms with Gasteiger partial charge in [0.2, 0.25) is 0 Å². The molecule has 0 saturated heterocycles. The average molecular weight is 441 g/mol. The number of hydrogen-bond donors (Lipinski definition) is 2. The molecule has 4 rings (SSSR count). The lowest BCUT2D eigenvalue weighted by molar-refractivity contribution is 0.0935. The Morgan fingerprint density at radius 3 is 2.24 bits per heavy atom. The topological polar surface area (TPSA) is 76.2 Å². The zero-order valence-electron chi connectivity index (χ0n) is 18.8. The van der Waals surface area contributed by atoms with E-state index in [1.165, 1.54) is 0 Å². The minimum Gasteiger partial charge on any atom is -0.497 e. The van der Waals surface area contributed by atoms with Crippen LogP contribution in [0.4, 0.5) is 0 Å². The molecule has 1 heterocycles. The summed E-state index contributed by atoms with van der Waals surface area (Å²) in [4.78, 5) is 20.5. The van der Waals surface area contributed by atoms with Gasteiger partial charge in [0.1, 0.15) is 17.3 Å². The lowest BCUT2D eigenvalue weighted by Crippen LogP contribution is -2.28. The molecule has 6 heteroatoms. The highest BCUT2D eigenvalue weighted by Gasteiger charge is 2.22. The zero-order chi connectivity index (χ0) is 23.2. The molecule has 0 fully saturated rings. The molecule has 1 radical (unpaired) electrons. The first kappa shape index (κ1) is 22.1. The number of imidazole rings is 1. The summed E-state index contributed by atoms with van der Waals surface area (Å²) in [6.45, 7) is 1.88. The highest BCUT2D eigenvalue weighted by Crippen LogP contribution is 2.34. The molecule has 4 aromatic rings. The number of ether oxygens (including phenoxy) is 2. The molecule has 0 aliphatic carbocycles. The van der Waals surface area contributed by atoms with E-state index in [1.54, 1.807) is 26.6 Å². The number of benzene rings is 3. The fourth-order valence-corrected chi connectivity index (χ4v) is 3.76. The third-order valence-electron chi connectivity index (χ3n) is 5.45. The van der Waals surface area contributed by atoms with Crippen LogP contribution in [0.2, 0.25) is 0 Å². The number of aromatic nitrogens is 2. The third kappa shape index (κ3) is 4.90. The molecule has 0 saturated carbocycles. The van der Waals surface area contributed by atoms with Crippen LogP contribution in [0.1, 0.15) is 45.8 Å². The van der Waals surface area contributed by atoms with Crippen molar-refractivity contribution in [1.29, 1.82) is 0 Å². The van der Waals surface area contributed by atoms with Gasteiger partial charge in [-0.25, -0.2) is 4.98 Å². The van der Waals surface area contributed by atoms with Gasteiger partial charge >= 0.3 is 0 Å². The number of carbonyl (C=O) groups excluding carboxylic acids is 1. The standard InChI is InChI=1S/C27H26N3O3/c1-18(26-28-15-16-29-26)30-27(31)23-17-21(11-14-24(23)33-3)25(19-7-5-4-6-8-19)20-9-12-22(32-2)13-10-20/h4-18H,1-3H3,(H,28,29)(H,30,31). The van der Waals surface area contributed by atoms with Gasteiger partial charge in [-0.05, 0) is 47.9 Å². The maximum absolute atomic E-state index is 13.2. The predicted octanol–water partition coefficient (Wildman–Crippen LogP) is 4.94. The van der Waals surface area contributed by atoms with Crippen molar-refractivity contribution in [3.8, 4) is 11.5 Å². The molecule has 0 spiro atoms. The summed E-state index contributed by atoms with van der Waals surface area (Å²) in [6.07, 6.45) is 3.39. The number of methoxy groups -OCH3 is 2. The quantitative estimate of drug-likeness (QED) is 0.381. The fourth-order valence-electron chi connectivity index (χ4n) is 3.76. The predicted molar refractivity (Wildman–Crippen MR) is 127 cm³/mol. The number of nitrogens with one attached hydrogen (secondary N) is 2. The Morgan fingerprint density at radius 1 is 0.909 bits per heavy atom. The van der Waals surface area contributed by atoms with E-state index in [2.05, 4.69) is 27.4 Å². The molecule has 33 heavy (non-hydrogen) atoms. The number of H-pyrrole nitrogens is 1. The summed E-state index contributed by atoms with van der Waals surface area (Å²) in [7, 11) is 3.21. The van der Waals surface area contributed by atoms with Crippen LogP contribution in [-0.2, 0) is 0 Å². The van der Waals surface area contributed by atoms with Gasteiger partial charge < -0.3 is 19.8 Å². The van der Waals surface area contributed by atoms with E-state index in [9.17, 15) is 4.79 Å². The first-order chi connectivity index (χ1) is 16.1. The molecule has 0 bridgehead atoms. The second-order valence-electron chi connectivity index (χ2n) is 7.55. The minimum atomic E-state index is -0.278. The Kier molecular flexibility index (Phi) is 6.74. The van der Waals surface area contributed by atoms with Gasteiger partial charge in [0.05, 0.1) is 31.7 Å². The largest absolute Gasteiger partial charge is 0.497 e. The second kappa shape index (κ2) is 10.0. The van der Waals surface area contributed by atoms with Crippen LogP contribution in [-0.4, -0.2) is 30.1 Å². The number of carbonyl (C=O) groups is 1. The maximum atomic E-state index is 13.2. The molecule has 0 aliphatic heterocycles.